The normalized spacial score (nSPS) is 16.1. The van der Waals surface area contributed by atoms with Crippen LogP contribution in [0, 0.1) is 0 Å². The molecule has 0 aromatic rings. The maximum atomic E-state index is 12.4. The first kappa shape index (κ1) is 10.7. The van der Waals surface area contributed by atoms with Gasteiger partial charge in [-0.1, -0.05) is 0 Å². The molecule has 0 bridgehead atoms. The van der Waals surface area contributed by atoms with E-state index in [1.54, 1.807) is 6.92 Å². The van der Waals surface area contributed by atoms with Gasteiger partial charge in [0.05, 0.1) is 0 Å². The summed E-state index contributed by atoms with van der Waals surface area (Å²) >= 11 is 0. The van der Waals surface area contributed by atoms with Crippen molar-refractivity contribution in [2.24, 2.45) is 0 Å². The van der Waals surface area contributed by atoms with E-state index in [0.29, 0.717) is 12.2 Å². The van der Waals surface area contributed by atoms with Crippen LogP contribution >= 0.6 is 0 Å². The Bertz CT molecular complexity index is 123. The number of halogens is 1. The molecule has 0 aromatic carbocycles. The van der Waals surface area contributed by atoms with E-state index in [1.807, 2.05) is 38.9 Å². The van der Waals surface area contributed by atoms with Crippen LogP contribution in [0.15, 0.2) is 0 Å². The van der Waals surface area contributed by atoms with Crippen molar-refractivity contribution >= 4 is 13.0 Å². The van der Waals surface area contributed by atoms with Crippen molar-refractivity contribution < 1.29 is 4.39 Å². The monoisotopic (exact) mass is 157 g/mol. The van der Waals surface area contributed by atoms with E-state index in [4.69, 9.17) is 0 Å². The van der Waals surface area contributed by atoms with Gasteiger partial charge < -0.3 is 0 Å². The number of hydrogen-bond acceptors (Lipinski definition) is 1. The van der Waals surface area contributed by atoms with Gasteiger partial charge >= 0.3 is 68.7 Å². The average molecular weight is 157 g/mol. The summed E-state index contributed by atoms with van der Waals surface area (Å²) in [5.74, 6) is 0.331. The van der Waals surface area contributed by atoms with Gasteiger partial charge in [0.2, 0.25) is 0 Å². The minimum absolute atomic E-state index is 0.331. The van der Waals surface area contributed by atoms with Gasteiger partial charge in [-0.3, -0.25) is 0 Å². The second-order valence-electron chi connectivity index (χ2n) is 3.30. The van der Waals surface area contributed by atoms with Crippen LogP contribution in [0.25, 0.3) is 0 Å². The third-order valence-corrected chi connectivity index (χ3v) is 1.41. The molecule has 3 heteroatoms. The van der Waals surface area contributed by atoms with Crippen LogP contribution in [0.2, 0.25) is 5.82 Å². The zero-order chi connectivity index (χ0) is 8.85. The summed E-state index contributed by atoms with van der Waals surface area (Å²) in [4.78, 5) is 1.96. The maximum absolute atomic E-state index is 12.4. The van der Waals surface area contributed by atoms with E-state index in [0.717, 1.165) is 0 Å². The van der Waals surface area contributed by atoms with Crippen LogP contribution in [0.1, 0.15) is 20.3 Å². The first-order valence-electron chi connectivity index (χ1n) is 4.01. The van der Waals surface area contributed by atoms with E-state index in [1.165, 1.54) is 0 Å². The first-order chi connectivity index (χ1) is 5.02. The minimum atomic E-state index is -0.697. The molecule has 0 spiro atoms. The first-order valence-corrected chi connectivity index (χ1v) is 4.01. The van der Waals surface area contributed by atoms with Crippen LogP contribution in [-0.4, -0.2) is 38.2 Å². The zero-order valence-electron chi connectivity index (χ0n) is 7.84. The summed E-state index contributed by atoms with van der Waals surface area (Å²) in [6.07, 6.45) is 1.88. The molecule has 0 radical (unpaired) electrons. The summed E-state index contributed by atoms with van der Waals surface area (Å²) in [5, 5.41) is 0. The Labute approximate surface area is 69.5 Å². The summed E-state index contributed by atoms with van der Waals surface area (Å²) in [6.45, 7) is 5.64. The molecule has 11 heavy (non-hydrogen) atoms. The quantitative estimate of drug-likeness (QED) is 0.560. The summed E-state index contributed by atoms with van der Waals surface area (Å²) in [6, 6.07) is 0. The van der Waals surface area contributed by atoms with Gasteiger partial charge in [0, 0.05) is 0 Å². The molecule has 0 saturated carbocycles. The molecule has 64 valence electrons. The molecule has 2 unspecified atom stereocenters. The molecule has 1 nitrogen and oxygen atoms in total. The Morgan fingerprint density at radius 3 is 2.36 bits per heavy atom. The van der Waals surface area contributed by atoms with Crippen LogP contribution in [0.5, 0.6) is 0 Å². The van der Waals surface area contributed by atoms with Crippen molar-refractivity contribution in [1.29, 1.82) is 0 Å². The Kier molecular flexibility index (Phi) is 5.17. The van der Waals surface area contributed by atoms with Gasteiger partial charge in [0.15, 0.2) is 0 Å². The molecular formula is C8H17BFN. The van der Waals surface area contributed by atoms with Gasteiger partial charge in [-0.25, -0.2) is 0 Å². The summed E-state index contributed by atoms with van der Waals surface area (Å²) in [5.41, 5.74) is 0. The second-order valence-corrected chi connectivity index (χ2v) is 3.30. The van der Waals surface area contributed by atoms with Crippen molar-refractivity contribution in [3.05, 3.63) is 0 Å². The number of rotatable bonds is 4. The predicted octanol–water partition coefficient (Wildman–Crippen LogP) is 1.57. The SMILES string of the molecule is CC(F)CC(C)/B=C/N(C)C. The summed E-state index contributed by atoms with van der Waals surface area (Å²) in [7, 11) is 3.92. The Morgan fingerprint density at radius 1 is 1.45 bits per heavy atom. The van der Waals surface area contributed by atoms with E-state index >= 15 is 0 Å². The van der Waals surface area contributed by atoms with Crippen molar-refractivity contribution in [1.82, 2.24) is 4.90 Å². The second kappa shape index (κ2) is 5.33. The third-order valence-electron chi connectivity index (χ3n) is 1.41. The molecule has 2 atom stereocenters. The molecule has 0 fully saturated rings. The molecule has 0 rings (SSSR count). The van der Waals surface area contributed by atoms with Crippen LogP contribution in [0.4, 0.5) is 4.39 Å². The van der Waals surface area contributed by atoms with Gasteiger partial charge in [-0.15, -0.1) is 0 Å². The van der Waals surface area contributed by atoms with Crippen LogP contribution < -0.4 is 0 Å². The fraction of sp³-hybridized carbons (Fsp3) is 0.875. The van der Waals surface area contributed by atoms with Crippen molar-refractivity contribution in [3.63, 3.8) is 0 Å². The zero-order valence-corrected chi connectivity index (χ0v) is 7.84. The Morgan fingerprint density at radius 2 is 2.00 bits per heavy atom. The van der Waals surface area contributed by atoms with Gasteiger partial charge in [0.1, 0.15) is 0 Å². The van der Waals surface area contributed by atoms with Crippen molar-refractivity contribution in [3.8, 4) is 0 Å². The fourth-order valence-corrected chi connectivity index (χ4v) is 0.910. The molecule has 0 amide bonds. The molecule has 0 aromatic heterocycles. The molecule has 0 N–H and O–H groups in total. The fourth-order valence-electron chi connectivity index (χ4n) is 0.910. The molecule has 0 heterocycles. The van der Waals surface area contributed by atoms with Crippen LogP contribution in [-0.2, 0) is 0 Å². The van der Waals surface area contributed by atoms with Crippen molar-refractivity contribution in [2.75, 3.05) is 14.1 Å². The van der Waals surface area contributed by atoms with E-state index in [-0.39, 0.29) is 0 Å². The van der Waals surface area contributed by atoms with E-state index in [9.17, 15) is 4.39 Å². The predicted molar refractivity (Wildman–Crippen MR) is 50.1 cm³/mol. The number of hydrogen-bond donors (Lipinski definition) is 0. The molecule has 0 aliphatic rings. The van der Waals surface area contributed by atoms with E-state index < -0.39 is 6.17 Å². The molecule has 0 saturated heterocycles. The Hall–Kier alpha value is -0.335. The van der Waals surface area contributed by atoms with Gasteiger partial charge in [-0.2, -0.15) is 0 Å². The molecule has 0 aliphatic heterocycles. The topological polar surface area (TPSA) is 3.24 Å². The standard InChI is InChI=1S/C8H17BFN/c1-7(5-8(2)10)9-6-11(3)4/h6-8H,5H2,1-4H3. The molecular weight excluding hydrogens is 140 g/mol. The van der Waals surface area contributed by atoms with Crippen molar-refractivity contribution in [2.45, 2.75) is 32.3 Å². The van der Waals surface area contributed by atoms with Gasteiger partial charge in [-0.05, 0) is 0 Å². The number of alkyl halides is 1. The third kappa shape index (κ3) is 7.56. The Balaban J connectivity index is 3.59. The average Bonchev–Trinajstić information content (AvgIpc) is 1.82. The van der Waals surface area contributed by atoms with Gasteiger partial charge in [0.25, 0.3) is 0 Å². The van der Waals surface area contributed by atoms with Crippen LogP contribution in [0.3, 0.4) is 0 Å². The summed E-state index contributed by atoms with van der Waals surface area (Å²) < 4.78 is 12.4. The number of nitrogens with zero attached hydrogens (tertiary/aromatic N) is 1. The molecule has 0 aliphatic carbocycles. The van der Waals surface area contributed by atoms with E-state index in [2.05, 4.69) is 0 Å².